The summed E-state index contributed by atoms with van der Waals surface area (Å²) >= 11 is 0. The molecule has 2 aromatic carbocycles. The zero-order valence-corrected chi connectivity index (χ0v) is 14.7. The van der Waals surface area contributed by atoms with Gasteiger partial charge in [0.2, 0.25) is 5.91 Å². The van der Waals surface area contributed by atoms with Crippen LogP contribution >= 0.6 is 0 Å². The number of piperazine rings is 1. The summed E-state index contributed by atoms with van der Waals surface area (Å²) in [4.78, 5) is 27.7. The molecule has 0 bridgehead atoms. The number of carbonyl (C=O) groups excluding carboxylic acids is 2. The quantitative estimate of drug-likeness (QED) is 0.894. The van der Waals surface area contributed by atoms with Crippen molar-refractivity contribution in [2.75, 3.05) is 31.1 Å². The third-order valence-corrected chi connectivity index (χ3v) is 4.77. The van der Waals surface area contributed by atoms with Gasteiger partial charge in [-0.05, 0) is 48.9 Å². The van der Waals surface area contributed by atoms with E-state index in [0.717, 1.165) is 37.4 Å². The lowest BCUT2D eigenvalue weighted by Gasteiger charge is -2.39. The fourth-order valence-electron chi connectivity index (χ4n) is 3.42. The van der Waals surface area contributed by atoms with Crippen LogP contribution in [0.3, 0.4) is 0 Å². The second kappa shape index (κ2) is 7.66. The molecule has 26 heavy (non-hydrogen) atoms. The number of nitrogens with zero attached hydrogens (tertiary/aromatic N) is 2. The van der Waals surface area contributed by atoms with Crippen LogP contribution in [0.1, 0.15) is 28.9 Å². The van der Waals surface area contributed by atoms with Gasteiger partial charge in [0.25, 0.3) is 0 Å². The minimum Gasteiger partial charge on any atom is -0.369 e. The second-order valence-electron chi connectivity index (χ2n) is 6.50. The second-order valence-corrected chi connectivity index (χ2v) is 6.50. The highest BCUT2D eigenvalue weighted by atomic mass is 19.1. The number of anilines is 1. The predicted molar refractivity (Wildman–Crippen MR) is 98.6 cm³/mol. The average Bonchev–Trinajstić information content (AvgIpc) is 2.64. The fraction of sp³-hybridized carbons (Fsp3) is 0.300. The van der Waals surface area contributed by atoms with Crippen molar-refractivity contribution in [1.82, 2.24) is 4.90 Å². The molecule has 1 amide bonds. The van der Waals surface area contributed by atoms with Crippen molar-refractivity contribution in [3.05, 3.63) is 65.5 Å². The Morgan fingerprint density at radius 2 is 1.54 bits per heavy atom. The lowest BCUT2D eigenvalue weighted by molar-refractivity contribution is -0.122. The van der Waals surface area contributed by atoms with Crippen LogP contribution in [0.2, 0.25) is 0 Å². The minimum absolute atomic E-state index is 0.0517. The molecule has 1 aliphatic rings. The highest BCUT2D eigenvalue weighted by Crippen LogP contribution is 2.25. The molecule has 6 heteroatoms. The number of halogens is 1. The van der Waals surface area contributed by atoms with Crippen LogP contribution in [0.5, 0.6) is 0 Å². The number of Topliss-reactive ketones (excluding diaryl/α,β-unsaturated/α-hetero) is 1. The summed E-state index contributed by atoms with van der Waals surface area (Å²) in [5.41, 5.74) is 7.60. The summed E-state index contributed by atoms with van der Waals surface area (Å²) in [6.45, 7) is 4.54. The molecular formula is C20H22FN3O2. The first-order valence-corrected chi connectivity index (χ1v) is 8.60. The number of ketones is 1. The number of carbonyl (C=O) groups is 2. The van der Waals surface area contributed by atoms with E-state index in [1.165, 1.54) is 12.1 Å². The normalized spacial score (nSPS) is 16.3. The maximum absolute atomic E-state index is 13.2. The molecule has 136 valence electrons. The number of amides is 1. The topological polar surface area (TPSA) is 66.6 Å². The molecule has 1 unspecified atom stereocenters. The Kier molecular flexibility index (Phi) is 5.32. The number of rotatable bonds is 5. The number of hydrogen-bond donors (Lipinski definition) is 1. The number of hydrogen-bond acceptors (Lipinski definition) is 4. The van der Waals surface area contributed by atoms with E-state index in [4.69, 9.17) is 5.73 Å². The third-order valence-electron chi connectivity index (χ3n) is 4.77. The third kappa shape index (κ3) is 3.91. The van der Waals surface area contributed by atoms with Gasteiger partial charge in [0.1, 0.15) is 5.82 Å². The molecule has 0 spiro atoms. The molecule has 1 saturated heterocycles. The van der Waals surface area contributed by atoms with Crippen LogP contribution in [0, 0.1) is 5.82 Å². The van der Waals surface area contributed by atoms with Gasteiger partial charge in [-0.3, -0.25) is 14.5 Å². The van der Waals surface area contributed by atoms with Gasteiger partial charge in [-0.2, -0.15) is 0 Å². The molecule has 1 heterocycles. The molecule has 1 fully saturated rings. The zero-order valence-electron chi connectivity index (χ0n) is 14.7. The van der Waals surface area contributed by atoms with Gasteiger partial charge in [-0.1, -0.05) is 12.1 Å². The molecule has 1 aliphatic heterocycles. The largest absolute Gasteiger partial charge is 0.369 e. The van der Waals surface area contributed by atoms with Crippen molar-refractivity contribution in [1.29, 1.82) is 0 Å². The van der Waals surface area contributed by atoms with Gasteiger partial charge in [-0.25, -0.2) is 4.39 Å². The molecule has 5 nitrogen and oxygen atoms in total. The summed E-state index contributed by atoms with van der Waals surface area (Å²) in [5, 5.41) is 0. The van der Waals surface area contributed by atoms with Crippen LogP contribution in [0.4, 0.5) is 10.1 Å². The summed E-state index contributed by atoms with van der Waals surface area (Å²) < 4.78 is 13.2. The van der Waals surface area contributed by atoms with Gasteiger partial charge in [-0.15, -0.1) is 0 Å². The van der Waals surface area contributed by atoms with Gasteiger partial charge >= 0.3 is 0 Å². The van der Waals surface area contributed by atoms with Gasteiger partial charge < -0.3 is 10.6 Å². The van der Waals surface area contributed by atoms with E-state index >= 15 is 0 Å². The van der Waals surface area contributed by atoms with Crippen molar-refractivity contribution in [2.45, 2.75) is 13.0 Å². The van der Waals surface area contributed by atoms with Crippen LogP contribution in [-0.2, 0) is 4.79 Å². The molecule has 1 atom stereocenters. The van der Waals surface area contributed by atoms with Gasteiger partial charge in [0.15, 0.2) is 5.78 Å². The highest BCUT2D eigenvalue weighted by molar-refractivity contribution is 5.93. The Hall–Kier alpha value is -2.73. The zero-order chi connectivity index (χ0) is 18.7. The molecular weight excluding hydrogens is 333 g/mol. The standard InChI is InChI=1S/C20H22FN3O2/c1-14(25)19(15-2-6-17(21)7-3-15)24-12-10-23(11-13-24)18-8-4-16(5-9-18)20(22)26/h2-9,19H,10-13H2,1H3,(H2,22,26). The maximum atomic E-state index is 13.2. The van der Waals surface area contributed by atoms with Gasteiger partial charge in [0.05, 0.1) is 6.04 Å². The first kappa shape index (κ1) is 18.1. The van der Waals surface area contributed by atoms with E-state index in [1.807, 2.05) is 12.1 Å². The van der Waals surface area contributed by atoms with E-state index in [2.05, 4.69) is 9.80 Å². The molecule has 2 N–H and O–H groups in total. The van der Waals surface area contributed by atoms with Gasteiger partial charge in [0, 0.05) is 37.4 Å². The average molecular weight is 355 g/mol. The van der Waals surface area contributed by atoms with E-state index < -0.39 is 5.91 Å². The van der Waals surface area contributed by atoms with Crippen LogP contribution < -0.4 is 10.6 Å². The molecule has 0 aromatic heterocycles. The summed E-state index contributed by atoms with van der Waals surface area (Å²) in [5.74, 6) is -0.693. The van der Waals surface area contributed by atoms with Crippen LogP contribution in [0.25, 0.3) is 0 Å². The van der Waals surface area contributed by atoms with Crippen molar-refractivity contribution in [3.8, 4) is 0 Å². The maximum Gasteiger partial charge on any atom is 0.248 e. The first-order valence-electron chi connectivity index (χ1n) is 8.60. The van der Waals surface area contributed by atoms with E-state index in [-0.39, 0.29) is 17.6 Å². The Bertz CT molecular complexity index is 782. The first-order chi connectivity index (χ1) is 12.5. The van der Waals surface area contributed by atoms with Crippen molar-refractivity contribution < 1.29 is 14.0 Å². The Balaban J connectivity index is 1.69. The smallest absolute Gasteiger partial charge is 0.248 e. The number of primary amides is 1. The number of benzene rings is 2. The molecule has 3 rings (SSSR count). The van der Waals surface area contributed by atoms with Crippen LogP contribution in [0.15, 0.2) is 48.5 Å². The Labute approximate surface area is 152 Å². The SMILES string of the molecule is CC(=O)C(c1ccc(F)cc1)N1CCN(c2ccc(C(N)=O)cc2)CC1. The Morgan fingerprint density at radius 3 is 2.04 bits per heavy atom. The highest BCUT2D eigenvalue weighted by Gasteiger charge is 2.28. The summed E-state index contributed by atoms with van der Waals surface area (Å²) in [6.07, 6.45) is 0. The van der Waals surface area contributed by atoms with Crippen molar-refractivity contribution in [3.63, 3.8) is 0 Å². The molecule has 0 radical (unpaired) electrons. The lowest BCUT2D eigenvalue weighted by Crippen LogP contribution is -2.49. The molecule has 0 saturated carbocycles. The summed E-state index contributed by atoms with van der Waals surface area (Å²) in [7, 11) is 0. The number of nitrogens with two attached hydrogens (primary N) is 1. The van der Waals surface area contributed by atoms with Crippen molar-refractivity contribution in [2.24, 2.45) is 5.73 Å². The van der Waals surface area contributed by atoms with Crippen molar-refractivity contribution >= 4 is 17.4 Å². The molecule has 0 aliphatic carbocycles. The van der Waals surface area contributed by atoms with E-state index in [0.29, 0.717) is 5.56 Å². The van der Waals surface area contributed by atoms with E-state index in [1.54, 1.807) is 31.2 Å². The molecule has 2 aromatic rings. The minimum atomic E-state index is -0.440. The fourth-order valence-corrected chi connectivity index (χ4v) is 3.42. The summed E-state index contributed by atoms with van der Waals surface area (Å²) in [6, 6.07) is 13.0. The lowest BCUT2D eigenvalue weighted by atomic mass is 10.0. The van der Waals surface area contributed by atoms with E-state index in [9.17, 15) is 14.0 Å². The monoisotopic (exact) mass is 355 g/mol. The van der Waals surface area contributed by atoms with Crippen LogP contribution in [-0.4, -0.2) is 42.8 Å². The predicted octanol–water partition coefficient (Wildman–Crippen LogP) is 2.38. The Morgan fingerprint density at radius 1 is 0.962 bits per heavy atom.